The molecule has 0 saturated heterocycles. The van der Waals surface area contributed by atoms with Crippen molar-refractivity contribution >= 4 is 29.3 Å². The number of amides is 1. The molecule has 2 rings (SSSR count). The van der Waals surface area contributed by atoms with E-state index in [9.17, 15) is 4.79 Å². The highest BCUT2D eigenvalue weighted by Gasteiger charge is 2.19. The summed E-state index contributed by atoms with van der Waals surface area (Å²) in [6.45, 7) is 2.44. The third kappa shape index (κ3) is 4.91. The summed E-state index contributed by atoms with van der Waals surface area (Å²) in [6, 6.07) is 15.3. The number of rotatable bonds is 6. The van der Waals surface area contributed by atoms with Crippen molar-refractivity contribution in [3.63, 3.8) is 0 Å². The quantitative estimate of drug-likeness (QED) is 0.720. The Bertz CT molecular complexity index is 660. The van der Waals surface area contributed by atoms with Crippen molar-refractivity contribution < 1.29 is 9.53 Å². The van der Waals surface area contributed by atoms with Gasteiger partial charge in [0.2, 0.25) is 5.91 Å². The van der Waals surface area contributed by atoms with Gasteiger partial charge in [-0.2, -0.15) is 0 Å². The number of ether oxygens (including phenoxy) is 1. The first-order valence-electron chi connectivity index (χ1n) is 7.30. The summed E-state index contributed by atoms with van der Waals surface area (Å²) in [7, 11) is 3.45. The molecule has 0 unspecified atom stereocenters. The minimum Gasteiger partial charge on any atom is -0.496 e. The highest BCUT2D eigenvalue weighted by molar-refractivity contribution is 8.00. The van der Waals surface area contributed by atoms with Gasteiger partial charge in [0.25, 0.3) is 0 Å². The number of methoxy groups -OCH3 is 1. The van der Waals surface area contributed by atoms with Gasteiger partial charge >= 0.3 is 0 Å². The van der Waals surface area contributed by atoms with Crippen molar-refractivity contribution in [3.8, 4) is 5.75 Å². The van der Waals surface area contributed by atoms with Crippen LogP contribution in [0.3, 0.4) is 0 Å². The largest absolute Gasteiger partial charge is 0.496 e. The van der Waals surface area contributed by atoms with Crippen LogP contribution in [0, 0.1) is 0 Å². The van der Waals surface area contributed by atoms with Crippen LogP contribution in [-0.2, 0) is 11.3 Å². The van der Waals surface area contributed by atoms with Gasteiger partial charge in [-0.15, -0.1) is 11.8 Å². The molecule has 0 aromatic heterocycles. The highest BCUT2D eigenvalue weighted by Crippen LogP contribution is 2.26. The van der Waals surface area contributed by atoms with Crippen LogP contribution in [0.4, 0.5) is 0 Å². The van der Waals surface area contributed by atoms with Crippen molar-refractivity contribution in [2.75, 3.05) is 14.2 Å². The molecule has 0 bridgehead atoms. The molecule has 23 heavy (non-hydrogen) atoms. The van der Waals surface area contributed by atoms with Gasteiger partial charge < -0.3 is 9.64 Å². The number of halogens is 1. The lowest BCUT2D eigenvalue weighted by atomic mass is 10.2. The Kier molecular flexibility index (Phi) is 6.37. The fourth-order valence-corrected chi connectivity index (χ4v) is 3.35. The minimum absolute atomic E-state index is 0.0795. The monoisotopic (exact) mass is 349 g/mol. The third-order valence-electron chi connectivity index (χ3n) is 3.45. The zero-order valence-electron chi connectivity index (χ0n) is 13.5. The van der Waals surface area contributed by atoms with Gasteiger partial charge in [-0.3, -0.25) is 4.79 Å². The Morgan fingerprint density at radius 1 is 1.22 bits per heavy atom. The highest BCUT2D eigenvalue weighted by atomic mass is 35.5. The topological polar surface area (TPSA) is 29.5 Å². The fourth-order valence-electron chi connectivity index (χ4n) is 2.25. The van der Waals surface area contributed by atoms with E-state index < -0.39 is 0 Å². The van der Waals surface area contributed by atoms with E-state index in [0.29, 0.717) is 11.6 Å². The van der Waals surface area contributed by atoms with Gasteiger partial charge in [-0.1, -0.05) is 29.8 Å². The second-order valence-corrected chi connectivity index (χ2v) is 7.07. The van der Waals surface area contributed by atoms with Crippen molar-refractivity contribution in [2.24, 2.45) is 0 Å². The number of thioether (sulfide) groups is 1. The zero-order chi connectivity index (χ0) is 16.8. The summed E-state index contributed by atoms with van der Waals surface area (Å²) in [4.78, 5) is 15.3. The molecule has 0 spiro atoms. The third-order valence-corrected chi connectivity index (χ3v) is 4.80. The lowest BCUT2D eigenvalue weighted by molar-refractivity contribution is -0.129. The molecule has 0 N–H and O–H groups in total. The molecule has 5 heteroatoms. The van der Waals surface area contributed by atoms with Crippen LogP contribution in [0.2, 0.25) is 5.02 Å². The Morgan fingerprint density at radius 3 is 2.52 bits per heavy atom. The molecular formula is C18H20ClNO2S. The number of hydrogen-bond acceptors (Lipinski definition) is 3. The van der Waals surface area contributed by atoms with Crippen molar-refractivity contribution in [1.29, 1.82) is 0 Å². The number of carbonyl (C=O) groups excluding carboxylic acids is 1. The maximum atomic E-state index is 12.6. The first-order chi connectivity index (χ1) is 11.0. The first kappa shape index (κ1) is 17.7. The molecule has 0 aliphatic rings. The van der Waals surface area contributed by atoms with E-state index in [1.54, 1.807) is 12.0 Å². The number of carbonyl (C=O) groups is 1. The van der Waals surface area contributed by atoms with E-state index in [1.165, 1.54) is 11.8 Å². The predicted octanol–water partition coefficient (Wildman–Crippen LogP) is 4.49. The molecule has 2 aromatic rings. The van der Waals surface area contributed by atoms with Gasteiger partial charge in [0, 0.05) is 29.1 Å². The molecule has 3 nitrogen and oxygen atoms in total. The van der Waals surface area contributed by atoms with E-state index in [0.717, 1.165) is 16.2 Å². The SMILES string of the molecule is COc1ccccc1CN(C)C(=O)[C@H](C)Sc1ccc(Cl)cc1. The maximum Gasteiger partial charge on any atom is 0.235 e. The molecule has 1 atom stereocenters. The van der Waals surface area contributed by atoms with Crippen LogP contribution in [0.1, 0.15) is 12.5 Å². The van der Waals surface area contributed by atoms with Gasteiger partial charge in [0.1, 0.15) is 5.75 Å². The van der Waals surface area contributed by atoms with Crippen molar-refractivity contribution in [1.82, 2.24) is 4.90 Å². The molecule has 122 valence electrons. The average molecular weight is 350 g/mol. The van der Waals surface area contributed by atoms with Crippen LogP contribution in [0.25, 0.3) is 0 Å². The van der Waals surface area contributed by atoms with Crippen LogP contribution in [0.5, 0.6) is 5.75 Å². The summed E-state index contributed by atoms with van der Waals surface area (Å²) in [5, 5.41) is 0.525. The molecule has 2 aromatic carbocycles. The van der Waals surface area contributed by atoms with E-state index in [-0.39, 0.29) is 11.2 Å². The number of benzene rings is 2. The van der Waals surface area contributed by atoms with Gasteiger partial charge in [-0.25, -0.2) is 0 Å². The van der Waals surface area contributed by atoms with Crippen LogP contribution in [-0.4, -0.2) is 30.2 Å². The molecular weight excluding hydrogens is 330 g/mol. The Hall–Kier alpha value is -1.65. The fraction of sp³-hybridized carbons (Fsp3) is 0.278. The Labute approximate surface area is 146 Å². The smallest absolute Gasteiger partial charge is 0.235 e. The predicted molar refractivity (Wildman–Crippen MR) is 96.2 cm³/mol. The number of para-hydroxylation sites is 1. The van der Waals surface area contributed by atoms with Gasteiger partial charge in [-0.05, 0) is 37.3 Å². The first-order valence-corrected chi connectivity index (χ1v) is 8.56. The van der Waals surface area contributed by atoms with Crippen LogP contribution in [0.15, 0.2) is 53.4 Å². The molecule has 0 aliphatic heterocycles. The lowest BCUT2D eigenvalue weighted by Crippen LogP contribution is -2.32. The van der Waals surface area contributed by atoms with E-state index in [4.69, 9.17) is 16.3 Å². The average Bonchev–Trinajstić information content (AvgIpc) is 2.56. The summed E-state index contributed by atoms with van der Waals surface area (Å²) in [5.74, 6) is 0.876. The Balaban J connectivity index is 1.99. The van der Waals surface area contributed by atoms with E-state index >= 15 is 0 Å². The second-order valence-electron chi connectivity index (χ2n) is 5.22. The normalized spacial score (nSPS) is 11.8. The van der Waals surface area contributed by atoms with Gasteiger partial charge in [0.05, 0.1) is 12.4 Å². The van der Waals surface area contributed by atoms with Crippen LogP contribution >= 0.6 is 23.4 Å². The van der Waals surface area contributed by atoms with E-state index in [1.807, 2.05) is 62.5 Å². The van der Waals surface area contributed by atoms with Crippen molar-refractivity contribution in [3.05, 3.63) is 59.1 Å². The second kappa shape index (κ2) is 8.27. The van der Waals surface area contributed by atoms with Gasteiger partial charge in [0.15, 0.2) is 0 Å². The summed E-state index contributed by atoms with van der Waals surface area (Å²) in [5.41, 5.74) is 0.995. The number of nitrogens with zero attached hydrogens (tertiary/aromatic N) is 1. The minimum atomic E-state index is -0.170. The molecule has 1 amide bonds. The molecule has 0 fully saturated rings. The molecule has 0 saturated carbocycles. The molecule has 0 radical (unpaired) electrons. The zero-order valence-corrected chi connectivity index (χ0v) is 15.0. The van der Waals surface area contributed by atoms with E-state index in [2.05, 4.69) is 0 Å². The summed E-state index contributed by atoms with van der Waals surface area (Å²) >= 11 is 7.41. The standard InChI is InChI=1S/C18H20ClNO2S/c1-13(23-16-10-8-15(19)9-11-16)18(21)20(2)12-14-6-4-5-7-17(14)22-3/h4-11,13H,12H2,1-3H3/t13-/m0/s1. The molecule has 0 aliphatic carbocycles. The maximum absolute atomic E-state index is 12.6. The Morgan fingerprint density at radius 2 is 1.87 bits per heavy atom. The summed E-state index contributed by atoms with van der Waals surface area (Å²) in [6.07, 6.45) is 0. The summed E-state index contributed by atoms with van der Waals surface area (Å²) < 4.78 is 5.34. The molecule has 0 heterocycles. The lowest BCUT2D eigenvalue weighted by Gasteiger charge is -2.22. The number of hydrogen-bond donors (Lipinski definition) is 0. The van der Waals surface area contributed by atoms with Crippen molar-refractivity contribution in [2.45, 2.75) is 23.6 Å². The van der Waals surface area contributed by atoms with Crippen LogP contribution < -0.4 is 4.74 Å².